The maximum Gasteiger partial charge on any atom is 0.317 e. The first-order valence-electron chi connectivity index (χ1n) is 8.24. The minimum Gasteiger partial charge on any atom is -0.353 e. The fourth-order valence-electron chi connectivity index (χ4n) is 2.58. The van der Waals surface area contributed by atoms with Gasteiger partial charge in [-0.1, -0.05) is 12.1 Å². The lowest BCUT2D eigenvalue weighted by Crippen LogP contribution is -2.45. The van der Waals surface area contributed by atoms with Crippen LogP contribution >= 0.6 is 0 Å². The number of nitrogens with zero attached hydrogens (tertiary/aromatic N) is 2. The van der Waals surface area contributed by atoms with Crippen molar-refractivity contribution >= 4 is 23.8 Å². The maximum absolute atomic E-state index is 12.2. The Hall–Kier alpha value is -2.90. The van der Waals surface area contributed by atoms with E-state index in [9.17, 15) is 19.2 Å². The van der Waals surface area contributed by atoms with Crippen molar-refractivity contribution in [2.24, 2.45) is 0 Å². The summed E-state index contributed by atoms with van der Waals surface area (Å²) in [5, 5.41) is 5.28. The molecule has 25 heavy (non-hydrogen) atoms. The molecule has 5 amide bonds. The van der Waals surface area contributed by atoms with Crippen LogP contribution in [0.5, 0.6) is 0 Å². The summed E-state index contributed by atoms with van der Waals surface area (Å²) in [5.41, 5.74) is 0.624. The molecule has 134 valence electrons. The van der Waals surface area contributed by atoms with Crippen molar-refractivity contribution in [1.29, 1.82) is 0 Å². The summed E-state index contributed by atoms with van der Waals surface area (Å²) < 4.78 is 0. The van der Waals surface area contributed by atoms with Crippen LogP contribution in [0.15, 0.2) is 24.3 Å². The van der Waals surface area contributed by atoms with Crippen LogP contribution in [0.4, 0.5) is 4.79 Å². The van der Waals surface area contributed by atoms with Crippen molar-refractivity contribution in [1.82, 2.24) is 20.4 Å². The van der Waals surface area contributed by atoms with Crippen LogP contribution < -0.4 is 10.6 Å². The van der Waals surface area contributed by atoms with Gasteiger partial charge in [0.15, 0.2) is 0 Å². The number of nitrogens with one attached hydrogen (secondary N) is 2. The standard InChI is InChI=1S/C17H22N4O4/c1-3-20(4-2)17(25)19-10-9-18-14(22)11-21-15(23)12-7-5-6-8-13(12)16(21)24/h5-8H,3-4,9-11H2,1-2H3,(H,18,22)(H,19,25). The van der Waals surface area contributed by atoms with Crippen LogP contribution in [0.2, 0.25) is 0 Å². The lowest BCUT2D eigenvalue weighted by molar-refractivity contribution is -0.121. The molecule has 0 fully saturated rings. The molecule has 0 bridgehead atoms. The molecule has 2 rings (SSSR count). The highest BCUT2D eigenvalue weighted by molar-refractivity contribution is 6.22. The summed E-state index contributed by atoms with van der Waals surface area (Å²) in [6.07, 6.45) is 0. The number of carbonyl (C=O) groups excluding carboxylic acids is 4. The summed E-state index contributed by atoms with van der Waals surface area (Å²) in [7, 11) is 0. The Morgan fingerprint density at radius 3 is 2.00 bits per heavy atom. The Labute approximate surface area is 146 Å². The van der Waals surface area contributed by atoms with E-state index in [2.05, 4.69) is 10.6 Å². The largest absolute Gasteiger partial charge is 0.353 e. The molecule has 1 aromatic carbocycles. The fourth-order valence-corrected chi connectivity index (χ4v) is 2.58. The molecule has 0 aliphatic carbocycles. The van der Waals surface area contributed by atoms with Gasteiger partial charge in [-0.05, 0) is 26.0 Å². The molecule has 1 aliphatic heterocycles. The molecule has 8 nitrogen and oxygen atoms in total. The van der Waals surface area contributed by atoms with Gasteiger partial charge in [0, 0.05) is 26.2 Å². The number of hydrogen-bond acceptors (Lipinski definition) is 4. The van der Waals surface area contributed by atoms with Gasteiger partial charge in [-0.15, -0.1) is 0 Å². The van der Waals surface area contributed by atoms with Crippen LogP contribution in [-0.4, -0.2) is 66.3 Å². The van der Waals surface area contributed by atoms with Crippen LogP contribution in [0.3, 0.4) is 0 Å². The molecule has 1 heterocycles. The Kier molecular flexibility index (Phi) is 6.10. The molecular formula is C17H22N4O4. The van der Waals surface area contributed by atoms with Gasteiger partial charge >= 0.3 is 6.03 Å². The normalized spacial score (nSPS) is 12.8. The van der Waals surface area contributed by atoms with Crippen LogP contribution in [0.1, 0.15) is 34.6 Å². The molecule has 0 saturated carbocycles. The topological polar surface area (TPSA) is 98.8 Å². The number of urea groups is 1. The number of rotatable bonds is 7. The molecule has 2 N–H and O–H groups in total. The molecule has 0 atom stereocenters. The molecule has 0 spiro atoms. The van der Waals surface area contributed by atoms with E-state index in [1.165, 1.54) is 0 Å². The number of fused-ring (bicyclic) bond motifs is 1. The fraction of sp³-hybridized carbons (Fsp3) is 0.412. The predicted molar refractivity (Wildman–Crippen MR) is 91.1 cm³/mol. The second-order valence-electron chi connectivity index (χ2n) is 5.50. The van der Waals surface area contributed by atoms with Crippen LogP contribution in [0.25, 0.3) is 0 Å². The Morgan fingerprint density at radius 2 is 1.48 bits per heavy atom. The average molecular weight is 346 g/mol. The highest BCUT2D eigenvalue weighted by Crippen LogP contribution is 2.21. The highest BCUT2D eigenvalue weighted by atomic mass is 16.2. The molecule has 1 aromatic rings. The quantitative estimate of drug-likeness (QED) is 0.553. The molecule has 1 aliphatic rings. The first kappa shape index (κ1) is 18.4. The summed E-state index contributed by atoms with van der Waals surface area (Å²) in [5.74, 6) is -1.39. The minimum absolute atomic E-state index is 0.195. The molecule has 8 heteroatoms. The molecule has 0 saturated heterocycles. The zero-order chi connectivity index (χ0) is 18.4. The lowest BCUT2D eigenvalue weighted by atomic mass is 10.1. The lowest BCUT2D eigenvalue weighted by Gasteiger charge is -2.19. The van der Waals surface area contributed by atoms with Crippen LogP contribution in [0, 0.1) is 0 Å². The first-order chi connectivity index (χ1) is 12.0. The molecule has 0 radical (unpaired) electrons. The van der Waals surface area contributed by atoms with Gasteiger partial charge in [0.2, 0.25) is 5.91 Å². The smallest absolute Gasteiger partial charge is 0.317 e. The van der Waals surface area contributed by atoms with Crippen LogP contribution in [-0.2, 0) is 4.79 Å². The number of imide groups is 1. The third kappa shape index (κ3) is 4.14. The number of benzene rings is 1. The highest BCUT2D eigenvalue weighted by Gasteiger charge is 2.36. The summed E-state index contributed by atoms with van der Waals surface area (Å²) in [6, 6.07) is 6.28. The molecule has 0 aromatic heterocycles. The number of carbonyl (C=O) groups is 4. The minimum atomic E-state index is -0.467. The summed E-state index contributed by atoms with van der Waals surface area (Å²) in [4.78, 5) is 50.6. The van der Waals surface area contributed by atoms with Crippen molar-refractivity contribution in [3.05, 3.63) is 35.4 Å². The predicted octanol–water partition coefficient (Wildman–Crippen LogP) is 0.450. The Balaban J connectivity index is 1.77. The van der Waals surface area contributed by atoms with E-state index >= 15 is 0 Å². The Bertz CT molecular complexity index is 650. The maximum atomic E-state index is 12.2. The average Bonchev–Trinajstić information content (AvgIpc) is 2.85. The summed E-state index contributed by atoms with van der Waals surface area (Å²) in [6.45, 7) is 5.12. The van der Waals surface area contributed by atoms with E-state index in [1.54, 1.807) is 29.2 Å². The van der Waals surface area contributed by atoms with E-state index in [1.807, 2.05) is 13.8 Å². The molecular weight excluding hydrogens is 324 g/mol. The van der Waals surface area contributed by atoms with Gasteiger partial charge < -0.3 is 15.5 Å². The molecule has 0 unspecified atom stereocenters. The second-order valence-corrected chi connectivity index (χ2v) is 5.50. The van der Waals surface area contributed by atoms with Crippen molar-refractivity contribution < 1.29 is 19.2 Å². The van der Waals surface area contributed by atoms with Crippen molar-refractivity contribution in [3.8, 4) is 0 Å². The van der Waals surface area contributed by atoms with Gasteiger partial charge in [0.25, 0.3) is 11.8 Å². The van der Waals surface area contributed by atoms with Gasteiger partial charge in [0.05, 0.1) is 11.1 Å². The third-order valence-electron chi connectivity index (χ3n) is 3.95. The van der Waals surface area contributed by atoms with E-state index in [0.717, 1.165) is 4.90 Å². The Morgan fingerprint density at radius 1 is 0.960 bits per heavy atom. The summed E-state index contributed by atoms with van der Waals surface area (Å²) >= 11 is 0. The van der Waals surface area contributed by atoms with Gasteiger partial charge in [-0.2, -0.15) is 0 Å². The van der Waals surface area contributed by atoms with E-state index in [0.29, 0.717) is 24.2 Å². The number of hydrogen-bond donors (Lipinski definition) is 2. The van der Waals surface area contributed by atoms with E-state index in [-0.39, 0.29) is 25.7 Å². The van der Waals surface area contributed by atoms with Crippen molar-refractivity contribution in [2.45, 2.75) is 13.8 Å². The monoisotopic (exact) mass is 346 g/mol. The van der Waals surface area contributed by atoms with Gasteiger partial charge in [0.1, 0.15) is 6.54 Å². The van der Waals surface area contributed by atoms with Gasteiger partial charge in [-0.3, -0.25) is 19.3 Å². The van der Waals surface area contributed by atoms with Crippen molar-refractivity contribution in [2.75, 3.05) is 32.7 Å². The van der Waals surface area contributed by atoms with Crippen molar-refractivity contribution in [3.63, 3.8) is 0 Å². The number of amides is 5. The van der Waals surface area contributed by atoms with E-state index < -0.39 is 17.7 Å². The third-order valence-corrected chi connectivity index (χ3v) is 3.95. The van der Waals surface area contributed by atoms with E-state index in [4.69, 9.17) is 0 Å². The first-order valence-corrected chi connectivity index (χ1v) is 8.24. The second kappa shape index (κ2) is 8.27. The SMILES string of the molecule is CCN(CC)C(=O)NCCNC(=O)CN1C(=O)c2ccccc2C1=O. The zero-order valence-electron chi connectivity index (χ0n) is 14.4. The van der Waals surface area contributed by atoms with Gasteiger partial charge in [-0.25, -0.2) is 4.79 Å². The zero-order valence-corrected chi connectivity index (χ0v) is 14.4.